The minimum Gasteiger partial charge on any atom is -0.671 e. The topological polar surface area (TPSA) is 74.2 Å². The second kappa shape index (κ2) is 21.4. The fourth-order valence-electron chi connectivity index (χ4n) is 7.04. The third-order valence-corrected chi connectivity index (χ3v) is 8.92. The average molecular weight is 864 g/mol. The number of imidazole rings is 1. The van der Waals surface area contributed by atoms with Crippen LogP contribution in [-0.4, -0.2) is 51.8 Å². The quantitative estimate of drug-likeness (QED) is 0.147. The van der Waals surface area contributed by atoms with Crippen molar-refractivity contribution in [1.29, 1.82) is 0 Å². The van der Waals surface area contributed by atoms with Gasteiger partial charge in [0.25, 0.3) is 0 Å². The van der Waals surface area contributed by atoms with E-state index >= 15 is 0 Å². The molecule has 1 atom stereocenters. The van der Waals surface area contributed by atoms with Gasteiger partial charge in [-0.3, -0.25) is 0 Å². The van der Waals surface area contributed by atoms with E-state index in [0.717, 1.165) is 17.2 Å². The Hall–Kier alpha value is -3.36. The van der Waals surface area contributed by atoms with Crippen molar-refractivity contribution in [3.05, 3.63) is 162 Å². The summed E-state index contributed by atoms with van der Waals surface area (Å²) in [5, 5.41) is 16.2. The molecular formula is C45H60HfN6-4. The second-order valence-corrected chi connectivity index (χ2v) is 14.0. The second-order valence-electron chi connectivity index (χ2n) is 14.0. The van der Waals surface area contributed by atoms with Gasteiger partial charge in [-0.25, -0.2) is 4.98 Å². The molecule has 6 rings (SSSR count). The van der Waals surface area contributed by atoms with Crippen molar-refractivity contribution in [3.8, 4) is 11.1 Å². The minimum atomic E-state index is -0.228. The minimum absolute atomic E-state index is 0. The predicted molar refractivity (Wildman–Crippen MR) is 222 cm³/mol. The predicted octanol–water partition coefficient (Wildman–Crippen LogP) is 12.4. The van der Waals surface area contributed by atoms with E-state index < -0.39 is 0 Å². The van der Waals surface area contributed by atoms with Crippen LogP contribution < -0.4 is 0 Å². The van der Waals surface area contributed by atoms with Crippen LogP contribution in [-0.2, 0) is 32.9 Å². The van der Waals surface area contributed by atoms with Crippen LogP contribution >= 0.6 is 0 Å². The van der Waals surface area contributed by atoms with E-state index in [-0.39, 0.29) is 37.8 Å². The van der Waals surface area contributed by atoms with Crippen molar-refractivity contribution in [1.82, 2.24) is 9.55 Å². The molecule has 0 amide bonds. The maximum atomic E-state index is 5.70. The molecule has 1 heterocycles. The van der Waals surface area contributed by atoms with Gasteiger partial charge in [-0.2, -0.15) is 42.3 Å². The molecule has 0 aliphatic heterocycles. The summed E-state index contributed by atoms with van der Waals surface area (Å²) in [6.45, 7) is 15.7. The summed E-state index contributed by atoms with van der Waals surface area (Å²) in [6.07, 6.45) is 2.23. The van der Waals surface area contributed by atoms with E-state index in [0.29, 0.717) is 11.8 Å². The largest absolute Gasteiger partial charge is 0.671 e. The van der Waals surface area contributed by atoms with E-state index in [2.05, 4.69) is 161 Å². The molecule has 0 saturated heterocycles. The molecule has 6 nitrogen and oxygen atoms in total. The van der Waals surface area contributed by atoms with Gasteiger partial charge in [0.05, 0.1) is 17.4 Å². The SMILES string of the molecule is C[N-]C.C[N-]C.C[N-]C.Cc1cc(C)c(C([N-]c2c(C(C)C)cccc2C(C)C)c2nc(C3c4ccccc4-c4ccccc43)cn2C)c(C)c1.[Hf]. The first-order valence-corrected chi connectivity index (χ1v) is 18.0. The number of benzene rings is 4. The van der Waals surface area contributed by atoms with E-state index in [1.165, 1.54) is 55.6 Å². The number of nitrogens with zero attached hydrogens (tertiary/aromatic N) is 6. The molecule has 7 heteroatoms. The summed E-state index contributed by atoms with van der Waals surface area (Å²) >= 11 is 0. The Labute approximate surface area is 334 Å². The normalized spacial score (nSPS) is 11.9. The van der Waals surface area contributed by atoms with Crippen molar-refractivity contribution in [3.63, 3.8) is 0 Å². The summed E-state index contributed by atoms with van der Waals surface area (Å²) in [7, 11) is 12.6. The third kappa shape index (κ3) is 10.4. The molecule has 1 aliphatic rings. The molecule has 1 aromatic heterocycles. The molecule has 5 aromatic rings. The van der Waals surface area contributed by atoms with Crippen LogP contribution in [0.5, 0.6) is 0 Å². The summed E-state index contributed by atoms with van der Waals surface area (Å²) in [5.74, 6) is 1.82. The number of rotatable bonds is 7. The van der Waals surface area contributed by atoms with Crippen LogP contribution in [0.2, 0.25) is 0 Å². The van der Waals surface area contributed by atoms with Crippen molar-refractivity contribution in [2.75, 3.05) is 42.3 Å². The Morgan fingerprint density at radius 3 is 1.48 bits per heavy atom. The van der Waals surface area contributed by atoms with Gasteiger partial charge >= 0.3 is 0 Å². The monoisotopic (exact) mass is 864 g/mol. The first kappa shape index (κ1) is 44.8. The fraction of sp³-hybridized carbons (Fsp3) is 0.400. The van der Waals surface area contributed by atoms with E-state index in [4.69, 9.17) is 10.3 Å². The molecule has 0 N–H and O–H groups in total. The zero-order chi connectivity index (χ0) is 37.8. The number of hydrogen-bond donors (Lipinski definition) is 0. The third-order valence-electron chi connectivity index (χ3n) is 8.92. The Kier molecular flexibility index (Phi) is 18.4. The van der Waals surface area contributed by atoms with Crippen LogP contribution in [0.25, 0.3) is 32.4 Å². The van der Waals surface area contributed by atoms with E-state index in [9.17, 15) is 0 Å². The fourth-order valence-corrected chi connectivity index (χ4v) is 7.04. The molecule has 0 spiro atoms. The molecule has 1 unspecified atom stereocenters. The van der Waals surface area contributed by atoms with Crippen molar-refractivity contribution >= 4 is 5.69 Å². The summed E-state index contributed by atoms with van der Waals surface area (Å²) < 4.78 is 2.22. The molecule has 4 aromatic carbocycles. The van der Waals surface area contributed by atoms with Gasteiger partial charge in [0.2, 0.25) is 0 Å². The van der Waals surface area contributed by atoms with Crippen molar-refractivity contribution < 1.29 is 25.8 Å². The Morgan fingerprint density at radius 2 is 1.06 bits per heavy atom. The number of fused-ring (bicyclic) bond motifs is 3. The van der Waals surface area contributed by atoms with E-state index in [1.54, 1.807) is 42.3 Å². The Bertz CT molecular complexity index is 1740. The van der Waals surface area contributed by atoms with Crippen molar-refractivity contribution in [2.45, 2.75) is 72.3 Å². The number of aryl methyl sites for hydroxylation is 4. The zero-order valence-corrected chi connectivity index (χ0v) is 37.7. The average Bonchev–Trinajstić information content (AvgIpc) is 3.62. The van der Waals surface area contributed by atoms with Gasteiger partial charge < -0.3 is 25.8 Å². The van der Waals surface area contributed by atoms with Crippen LogP contribution in [0.1, 0.15) is 108 Å². The standard InChI is InChI=1S/C39H42N3.3C2H6N.Hf/c1-23(2)28-18-13-19-29(24(3)4)37(28)41-38(35-26(6)20-25(5)21-27(35)7)39-40-34(22-42(39)8)36-32-16-11-9-14-30(32)31-15-10-12-17-33(31)36;3*1-3-2;/h9-24,36,38H,1-8H3;3*1-2H3;/q4*-1;. The van der Waals surface area contributed by atoms with Gasteiger partial charge in [-0.15, -0.1) is 5.69 Å². The molecular weight excluding hydrogens is 803 g/mol. The van der Waals surface area contributed by atoms with Crippen LogP contribution in [0.3, 0.4) is 0 Å². The van der Waals surface area contributed by atoms with Gasteiger partial charge in [-0.05, 0) is 77.6 Å². The zero-order valence-electron chi connectivity index (χ0n) is 34.1. The summed E-state index contributed by atoms with van der Waals surface area (Å²) in [6, 6.07) is 28.6. The molecule has 1 aliphatic carbocycles. The first-order valence-electron chi connectivity index (χ1n) is 18.0. The van der Waals surface area contributed by atoms with Gasteiger partial charge in [0, 0.05) is 39.1 Å². The molecule has 0 saturated carbocycles. The Balaban J connectivity index is 0.000000852. The molecule has 0 bridgehead atoms. The smallest absolute Gasteiger partial charge is 0.0980 e. The van der Waals surface area contributed by atoms with Crippen molar-refractivity contribution in [2.24, 2.45) is 7.05 Å². The molecule has 0 fully saturated rings. The van der Waals surface area contributed by atoms with Crippen LogP contribution in [0.4, 0.5) is 5.69 Å². The van der Waals surface area contributed by atoms with Gasteiger partial charge in [0.1, 0.15) is 0 Å². The van der Waals surface area contributed by atoms with Crippen LogP contribution in [0, 0.1) is 20.8 Å². The van der Waals surface area contributed by atoms with Gasteiger partial charge in [0.15, 0.2) is 0 Å². The summed E-state index contributed by atoms with van der Waals surface area (Å²) in [4.78, 5) is 5.49. The maximum Gasteiger partial charge on any atom is 0.0980 e. The van der Waals surface area contributed by atoms with Gasteiger partial charge in [-0.1, -0.05) is 123 Å². The number of hydrogen-bond acceptors (Lipinski definition) is 1. The molecule has 52 heavy (non-hydrogen) atoms. The van der Waals surface area contributed by atoms with Crippen LogP contribution in [0.15, 0.2) is 85.1 Å². The number of para-hydroxylation sites is 1. The maximum absolute atomic E-state index is 5.70. The molecule has 278 valence electrons. The molecule has 0 radical (unpaired) electrons. The van der Waals surface area contributed by atoms with E-state index in [1.807, 2.05) is 0 Å². The number of aromatic nitrogens is 2. The first-order chi connectivity index (χ1) is 24.4. The Morgan fingerprint density at radius 1 is 0.635 bits per heavy atom. The summed E-state index contributed by atoms with van der Waals surface area (Å²) in [5.41, 5.74) is 15.1.